The monoisotopic (exact) mass is 333 g/mol. The maximum Gasteiger partial charge on any atom is 0.228 e. The minimum atomic E-state index is 0.524. The Morgan fingerprint density at radius 3 is 2.62 bits per heavy atom. The van der Waals surface area contributed by atoms with Gasteiger partial charge in [-0.1, -0.05) is 30.8 Å². The van der Waals surface area contributed by atoms with E-state index in [1.54, 1.807) is 0 Å². The Bertz CT molecular complexity index is 545. The third-order valence-electron chi connectivity index (χ3n) is 5.53. The van der Waals surface area contributed by atoms with E-state index in [9.17, 15) is 0 Å². The molecule has 0 bridgehead atoms. The maximum absolute atomic E-state index is 5.17. The number of aliphatic imine (C=N–C) groups is 1. The summed E-state index contributed by atoms with van der Waals surface area (Å²) in [5.74, 6) is 2.41. The van der Waals surface area contributed by atoms with Crippen molar-refractivity contribution in [3.63, 3.8) is 0 Å². The van der Waals surface area contributed by atoms with Crippen LogP contribution < -0.4 is 5.32 Å². The van der Waals surface area contributed by atoms with Crippen LogP contribution in [0.3, 0.4) is 0 Å². The Morgan fingerprint density at radius 1 is 1.21 bits per heavy atom. The summed E-state index contributed by atoms with van der Waals surface area (Å²) in [6, 6.07) is 0. The van der Waals surface area contributed by atoms with Gasteiger partial charge in [0.25, 0.3) is 0 Å². The third-order valence-corrected chi connectivity index (χ3v) is 5.53. The van der Waals surface area contributed by atoms with E-state index in [0.717, 1.165) is 32.0 Å². The molecule has 2 fully saturated rings. The van der Waals surface area contributed by atoms with Crippen LogP contribution in [0.4, 0.5) is 0 Å². The molecule has 24 heavy (non-hydrogen) atoms. The highest BCUT2D eigenvalue weighted by Crippen LogP contribution is 2.42. The van der Waals surface area contributed by atoms with Gasteiger partial charge in [-0.2, -0.15) is 4.98 Å². The van der Waals surface area contributed by atoms with Crippen molar-refractivity contribution in [2.24, 2.45) is 10.4 Å². The molecule has 2 heterocycles. The summed E-state index contributed by atoms with van der Waals surface area (Å²) < 4.78 is 5.17. The van der Waals surface area contributed by atoms with Crippen molar-refractivity contribution in [1.29, 1.82) is 0 Å². The van der Waals surface area contributed by atoms with Gasteiger partial charge in [0.2, 0.25) is 5.89 Å². The average Bonchev–Trinajstić information content (AvgIpc) is 2.87. The fourth-order valence-electron chi connectivity index (χ4n) is 4.33. The largest absolute Gasteiger partial charge is 0.356 e. The number of aromatic nitrogens is 2. The van der Waals surface area contributed by atoms with Gasteiger partial charge in [-0.05, 0) is 38.0 Å². The zero-order valence-electron chi connectivity index (χ0n) is 15.2. The molecule has 134 valence electrons. The van der Waals surface area contributed by atoms with Crippen LogP contribution in [-0.2, 0) is 6.42 Å². The van der Waals surface area contributed by atoms with E-state index in [4.69, 9.17) is 4.52 Å². The molecule has 1 aliphatic carbocycles. The normalized spacial score (nSPS) is 21.8. The lowest BCUT2D eigenvalue weighted by atomic mass is 9.74. The lowest BCUT2D eigenvalue weighted by Crippen LogP contribution is -2.50. The number of piperidine rings is 1. The Labute approximate surface area is 145 Å². The van der Waals surface area contributed by atoms with Crippen LogP contribution in [0.5, 0.6) is 0 Å². The minimum Gasteiger partial charge on any atom is -0.356 e. The molecule has 0 unspecified atom stereocenters. The zero-order chi connectivity index (χ0) is 16.8. The van der Waals surface area contributed by atoms with E-state index in [0.29, 0.717) is 17.1 Å². The van der Waals surface area contributed by atoms with Gasteiger partial charge in [0.05, 0.1) is 0 Å². The second-order valence-corrected chi connectivity index (χ2v) is 7.40. The van der Waals surface area contributed by atoms with E-state index < -0.39 is 0 Å². The molecule has 3 rings (SSSR count). The van der Waals surface area contributed by atoms with Crippen molar-refractivity contribution < 1.29 is 4.52 Å². The minimum absolute atomic E-state index is 0.524. The molecule has 2 aliphatic rings. The van der Waals surface area contributed by atoms with Gasteiger partial charge in [0.1, 0.15) is 0 Å². The summed E-state index contributed by atoms with van der Waals surface area (Å²) in [6.45, 7) is 4.89. The van der Waals surface area contributed by atoms with Gasteiger partial charge in [-0.15, -0.1) is 0 Å². The lowest BCUT2D eigenvalue weighted by Gasteiger charge is -2.44. The first-order chi connectivity index (χ1) is 11.7. The van der Waals surface area contributed by atoms with E-state index in [-0.39, 0.29) is 0 Å². The van der Waals surface area contributed by atoms with Crippen LogP contribution in [-0.4, -0.2) is 47.7 Å². The van der Waals surface area contributed by atoms with Crippen molar-refractivity contribution in [2.75, 3.05) is 26.7 Å². The summed E-state index contributed by atoms with van der Waals surface area (Å²) in [5.41, 5.74) is 0.524. The Balaban J connectivity index is 1.54. The molecule has 0 aromatic carbocycles. The highest BCUT2D eigenvalue weighted by Gasteiger charge is 2.36. The van der Waals surface area contributed by atoms with E-state index >= 15 is 0 Å². The molecule has 0 radical (unpaired) electrons. The van der Waals surface area contributed by atoms with Gasteiger partial charge < -0.3 is 14.7 Å². The number of hydrogen-bond acceptors (Lipinski definition) is 4. The summed E-state index contributed by atoms with van der Waals surface area (Å²) in [6.07, 6.45) is 11.8. The second kappa shape index (κ2) is 7.99. The summed E-state index contributed by atoms with van der Waals surface area (Å²) >= 11 is 0. The smallest absolute Gasteiger partial charge is 0.228 e. The number of aryl methyl sites for hydroxylation is 1. The zero-order valence-corrected chi connectivity index (χ0v) is 15.2. The molecule has 1 saturated heterocycles. The SMILES string of the molecule is CN=C(NCCc1nc(C)no1)N1CCCC2(CCCCCC2)C1. The molecule has 6 nitrogen and oxygen atoms in total. The molecule has 0 atom stereocenters. The highest BCUT2D eigenvalue weighted by molar-refractivity contribution is 5.80. The lowest BCUT2D eigenvalue weighted by molar-refractivity contribution is 0.115. The molecule has 0 amide bonds. The van der Waals surface area contributed by atoms with Gasteiger partial charge in [0.15, 0.2) is 11.8 Å². The molecular weight excluding hydrogens is 302 g/mol. The van der Waals surface area contributed by atoms with Gasteiger partial charge in [-0.3, -0.25) is 4.99 Å². The van der Waals surface area contributed by atoms with Crippen LogP contribution in [0.2, 0.25) is 0 Å². The first-order valence-corrected chi connectivity index (χ1v) is 9.46. The van der Waals surface area contributed by atoms with Crippen LogP contribution in [0, 0.1) is 12.3 Å². The molecular formula is C18H31N5O. The van der Waals surface area contributed by atoms with Crippen molar-refractivity contribution in [1.82, 2.24) is 20.4 Å². The number of nitrogens with one attached hydrogen (secondary N) is 1. The topological polar surface area (TPSA) is 66.5 Å². The number of rotatable bonds is 3. The van der Waals surface area contributed by atoms with Crippen LogP contribution in [0.1, 0.15) is 63.1 Å². The molecule has 1 saturated carbocycles. The molecule has 1 aromatic heterocycles. The van der Waals surface area contributed by atoms with E-state index in [1.165, 1.54) is 51.4 Å². The number of guanidine groups is 1. The molecule has 6 heteroatoms. The number of hydrogen-bond donors (Lipinski definition) is 1. The highest BCUT2D eigenvalue weighted by atomic mass is 16.5. The fraction of sp³-hybridized carbons (Fsp3) is 0.833. The Morgan fingerprint density at radius 2 is 1.96 bits per heavy atom. The van der Waals surface area contributed by atoms with Gasteiger partial charge in [0, 0.05) is 33.1 Å². The van der Waals surface area contributed by atoms with Gasteiger partial charge >= 0.3 is 0 Å². The van der Waals surface area contributed by atoms with Crippen LogP contribution >= 0.6 is 0 Å². The van der Waals surface area contributed by atoms with Crippen LogP contribution in [0.15, 0.2) is 9.52 Å². The standard InChI is InChI=1S/C18H31N5O/c1-15-21-16(24-22-15)8-12-20-17(19-2)23-13-7-11-18(14-23)9-5-3-4-6-10-18/h3-14H2,1-2H3,(H,19,20). The van der Waals surface area contributed by atoms with Crippen molar-refractivity contribution >= 4 is 5.96 Å². The molecule has 1 spiro atoms. The molecule has 1 N–H and O–H groups in total. The first kappa shape index (κ1) is 17.2. The van der Waals surface area contributed by atoms with E-state index in [2.05, 4.69) is 25.3 Å². The van der Waals surface area contributed by atoms with Crippen molar-refractivity contribution in [2.45, 2.75) is 64.7 Å². The van der Waals surface area contributed by atoms with E-state index in [1.807, 2.05) is 14.0 Å². The summed E-state index contributed by atoms with van der Waals surface area (Å²) in [7, 11) is 1.88. The summed E-state index contributed by atoms with van der Waals surface area (Å²) in [4.78, 5) is 11.2. The second-order valence-electron chi connectivity index (χ2n) is 7.40. The van der Waals surface area contributed by atoms with Crippen molar-refractivity contribution in [3.05, 3.63) is 11.7 Å². The predicted molar refractivity (Wildman–Crippen MR) is 95.0 cm³/mol. The Hall–Kier alpha value is -1.59. The third kappa shape index (κ3) is 4.28. The quantitative estimate of drug-likeness (QED) is 0.680. The van der Waals surface area contributed by atoms with Crippen LogP contribution in [0.25, 0.3) is 0 Å². The Kier molecular flexibility index (Phi) is 5.74. The summed E-state index contributed by atoms with van der Waals surface area (Å²) in [5, 5.41) is 7.32. The maximum atomic E-state index is 5.17. The molecule has 1 aliphatic heterocycles. The first-order valence-electron chi connectivity index (χ1n) is 9.46. The predicted octanol–water partition coefficient (Wildman–Crippen LogP) is 2.93. The number of likely N-dealkylation sites (tertiary alicyclic amines) is 1. The van der Waals surface area contributed by atoms with Gasteiger partial charge in [-0.25, -0.2) is 0 Å². The fourth-order valence-corrected chi connectivity index (χ4v) is 4.33. The number of nitrogens with zero attached hydrogens (tertiary/aromatic N) is 4. The molecule has 1 aromatic rings. The average molecular weight is 333 g/mol. The van der Waals surface area contributed by atoms with Crippen molar-refractivity contribution in [3.8, 4) is 0 Å².